The van der Waals surface area contributed by atoms with Crippen molar-refractivity contribution in [2.75, 3.05) is 32.1 Å². The van der Waals surface area contributed by atoms with Crippen LogP contribution in [0, 0.1) is 6.92 Å². The van der Waals surface area contributed by atoms with Gasteiger partial charge < -0.3 is 14.5 Å². The first-order valence-corrected chi connectivity index (χ1v) is 10.2. The van der Waals surface area contributed by atoms with Crippen molar-refractivity contribution in [1.82, 2.24) is 9.88 Å². The Morgan fingerprint density at radius 2 is 2.11 bits per heavy atom. The summed E-state index contributed by atoms with van der Waals surface area (Å²) in [4.78, 5) is 21.2. The molecule has 1 aliphatic rings. The second-order valence-electron chi connectivity index (χ2n) is 7.04. The van der Waals surface area contributed by atoms with Gasteiger partial charge in [0.1, 0.15) is 0 Å². The molecule has 0 N–H and O–H groups in total. The highest BCUT2D eigenvalue weighted by Gasteiger charge is 2.21. The number of nitrogens with zero attached hydrogens (tertiary/aromatic N) is 3. The number of anilines is 1. The molecule has 2 heterocycles. The van der Waals surface area contributed by atoms with E-state index in [0.717, 1.165) is 41.4 Å². The molecular formula is C21H27N3O2S. The predicted octanol–water partition coefficient (Wildman–Crippen LogP) is 3.74. The molecule has 0 spiro atoms. The Bertz CT molecular complexity index is 777. The zero-order chi connectivity index (χ0) is 19.2. The van der Waals surface area contributed by atoms with Crippen LogP contribution < -0.4 is 4.90 Å². The fraction of sp³-hybridized carbons (Fsp3) is 0.429. The number of thiazole rings is 1. The van der Waals surface area contributed by atoms with Gasteiger partial charge in [-0.15, -0.1) is 11.3 Å². The summed E-state index contributed by atoms with van der Waals surface area (Å²) in [6.45, 7) is 3.95. The van der Waals surface area contributed by atoms with E-state index in [0.29, 0.717) is 13.1 Å². The smallest absolute Gasteiger partial charge is 0.247 e. The quantitative estimate of drug-likeness (QED) is 0.681. The first-order valence-electron chi connectivity index (χ1n) is 9.28. The third-order valence-electron chi connectivity index (χ3n) is 4.62. The van der Waals surface area contributed by atoms with Crippen molar-refractivity contribution in [3.05, 3.63) is 52.0 Å². The Morgan fingerprint density at radius 3 is 2.70 bits per heavy atom. The summed E-state index contributed by atoms with van der Waals surface area (Å²) in [7, 11) is 4.04. The fourth-order valence-corrected chi connectivity index (χ4v) is 3.69. The number of hydrogen-bond donors (Lipinski definition) is 0. The molecular weight excluding hydrogens is 358 g/mol. The molecule has 5 nitrogen and oxygen atoms in total. The van der Waals surface area contributed by atoms with Crippen LogP contribution in [0.2, 0.25) is 0 Å². The lowest BCUT2D eigenvalue weighted by molar-refractivity contribution is -0.128. The molecule has 1 amide bonds. The molecule has 1 saturated heterocycles. The van der Waals surface area contributed by atoms with Gasteiger partial charge in [-0.25, -0.2) is 4.98 Å². The standard InChI is InChI=1S/C21H27N3O2S/c1-16-22-18(15-27-16)8-11-21(25)24(14-20-5-4-12-26-20)13-17-6-9-19(10-7-17)23(2)3/h6-11,15,20H,4-5,12-14H2,1-3H3/b11-8+. The highest BCUT2D eigenvalue weighted by molar-refractivity contribution is 7.09. The lowest BCUT2D eigenvalue weighted by Crippen LogP contribution is -2.35. The van der Waals surface area contributed by atoms with Gasteiger partial charge in [-0.3, -0.25) is 4.79 Å². The minimum absolute atomic E-state index is 0.00663. The topological polar surface area (TPSA) is 45.7 Å². The zero-order valence-corrected chi connectivity index (χ0v) is 17.0. The molecule has 3 rings (SSSR count). The maximum Gasteiger partial charge on any atom is 0.247 e. The highest BCUT2D eigenvalue weighted by atomic mass is 32.1. The zero-order valence-electron chi connectivity index (χ0n) is 16.2. The van der Waals surface area contributed by atoms with Crippen molar-refractivity contribution < 1.29 is 9.53 Å². The lowest BCUT2D eigenvalue weighted by Gasteiger charge is -2.25. The van der Waals surface area contributed by atoms with Gasteiger partial charge in [0.2, 0.25) is 5.91 Å². The van der Waals surface area contributed by atoms with E-state index >= 15 is 0 Å². The maximum atomic E-state index is 12.8. The van der Waals surface area contributed by atoms with Gasteiger partial charge in [-0.1, -0.05) is 12.1 Å². The summed E-state index contributed by atoms with van der Waals surface area (Å²) in [5.41, 5.74) is 3.10. The third-order valence-corrected chi connectivity index (χ3v) is 5.41. The van der Waals surface area contributed by atoms with Crippen LogP contribution in [-0.2, 0) is 16.1 Å². The maximum absolute atomic E-state index is 12.8. The predicted molar refractivity (Wildman–Crippen MR) is 111 cm³/mol. The molecule has 0 radical (unpaired) electrons. The van der Waals surface area contributed by atoms with Crippen molar-refractivity contribution in [1.29, 1.82) is 0 Å². The molecule has 0 bridgehead atoms. The summed E-state index contributed by atoms with van der Waals surface area (Å²) >= 11 is 1.59. The average molecular weight is 386 g/mol. The number of aromatic nitrogens is 1. The van der Waals surface area contributed by atoms with E-state index in [-0.39, 0.29) is 12.0 Å². The summed E-state index contributed by atoms with van der Waals surface area (Å²) < 4.78 is 5.75. The minimum atomic E-state index is -0.00663. The van der Waals surface area contributed by atoms with Gasteiger partial charge in [0, 0.05) is 50.9 Å². The van der Waals surface area contributed by atoms with Gasteiger partial charge in [-0.05, 0) is 43.5 Å². The second kappa shape index (κ2) is 9.15. The number of hydrogen-bond acceptors (Lipinski definition) is 5. The van der Waals surface area contributed by atoms with Crippen LogP contribution in [0.3, 0.4) is 0 Å². The Morgan fingerprint density at radius 1 is 1.33 bits per heavy atom. The summed E-state index contributed by atoms with van der Waals surface area (Å²) in [6, 6.07) is 8.33. The second-order valence-corrected chi connectivity index (χ2v) is 8.10. The van der Waals surface area contributed by atoms with Crippen LogP contribution in [0.15, 0.2) is 35.7 Å². The normalized spacial score (nSPS) is 16.8. The summed E-state index contributed by atoms with van der Waals surface area (Å²) in [6.07, 6.45) is 5.63. The van der Waals surface area contributed by atoms with E-state index in [2.05, 4.69) is 34.1 Å². The fourth-order valence-electron chi connectivity index (χ4n) is 3.11. The van der Waals surface area contributed by atoms with Crippen molar-refractivity contribution in [3.8, 4) is 0 Å². The van der Waals surface area contributed by atoms with Gasteiger partial charge in [-0.2, -0.15) is 0 Å². The van der Waals surface area contributed by atoms with Crippen LogP contribution in [0.4, 0.5) is 5.69 Å². The number of carbonyl (C=O) groups excluding carboxylic acids is 1. The van der Waals surface area contributed by atoms with Crippen LogP contribution in [0.1, 0.15) is 29.1 Å². The molecule has 1 fully saturated rings. The van der Waals surface area contributed by atoms with Crippen LogP contribution in [0.5, 0.6) is 0 Å². The van der Waals surface area contributed by atoms with Crippen molar-refractivity contribution in [3.63, 3.8) is 0 Å². The summed E-state index contributed by atoms with van der Waals surface area (Å²) in [5, 5.41) is 2.96. The molecule has 1 aromatic heterocycles. The Hall–Kier alpha value is -2.18. The Labute approximate surface area is 165 Å². The Kier molecular flexibility index (Phi) is 6.63. The first-order chi connectivity index (χ1) is 13.0. The number of carbonyl (C=O) groups is 1. The van der Waals surface area contributed by atoms with E-state index < -0.39 is 0 Å². The number of amides is 1. The minimum Gasteiger partial charge on any atom is -0.378 e. The SMILES string of the molecule is Cc1nc(/C=C/C(=O)N(Cc2ccc(N(C)C)cc2)CC2CCCO2)cs1. The molecule has 0 saturated carbocycles. The van der Waals surface area contributed by atoms with E-state index in [9.17, 15) is 4.79 Å². The molecule has 1 aliphatic heterocycles. The van der Waals surface area contributed by atoms with Crippen molar-refractivity contribution >= 4 is 29.0 Å². The van der Waals surface area contributed by atoms with E-state index in [1.165, 1.54) is 0 Å². The largest absolute Gasteiger partial charge is 0.378 e. The van der Waals surface area contributed by atoms with Gasteiger partial charge in [0.25, 0.3) is 0 Å². The molecule has 144 valence electrons. The van der Waals surface area contributed by atoms with E-state index in [1.807, 2.05) is 31.3 Å². The van der Waals surface area contributed by atoms with E-state index in [1.54, 1.807) is 23.5 Å². The van der Waals surface area contributed by atoms with Crippen molar-refractivity contribution in [2.45, 2.75) is 32.4 Å². The molecule has 6 heteroatoms. The van der Waals surface area contributed by atoms with Gasteiger partial charge in [0.05, 0.1) is 16.8 Å². The molecule has 1 unspecified atom stereocenters. The number of rotatable bonds is 7. The van der Waals surface area contributed by atoms with Gasteiger partial charge in [0.15, 0.2) is 0 Å². The highest BCUT2D eigenvalue weighted by Crippen LogP contribution is 2.18. The first kappa shape index (κ1) is 19.6. The number of aryl methyl sites for hydroxylation is 1. The molecule has 1 atom stereocenters. The van der Waals surface area contributed by atoms with Crippen LogP contribution in [-0.4, -0.2) is 49.1 Å². The molecule has 0 aliphatic carbocycles. The average Bonchev–Trinajstić information content (AvgIpc) is 3.31. The van der Waals surface area contributed by atoms with Gasteiger partial charge >= 0.3 is 0 Å². The third kappa shape index (κ3) is 5.65. The number of benzene rings is 1. The Balaban J connectivity index is 1.71. The molecule has 27 heavy (non-hydrogen) atoms. The van der Waals surface area contributed by atoms with Crippen LogP contribution in [0.25, 0.3) is 6.08 Å². The van der Waals surface area contributed by atoms with Crippen molar-refractivity contribution in [2.24, 2.45) is 0 Å². The molecule has 2 aromatic rings. The monoisotopic (exact) mass is 385 g/mol. The molecule has 1 aromatic carbocycles. The summed E-state index contributed by atoms with van der Waals surface area (Å²) in [5.74, 6) is -0.00663. The van der Waals surface area contributed by atoms with Crippen LogP contribution >= 0.6 is 11.3 Å². The lowest BCUT2D eigenvalue weighted by atomic mass is 10.1. The number of ether oxygens (including phenoxy) is 1. The van der Waals surface area contributed by atoms with E-state index in [4.69, 9.17) is 4.74 Å².